The first-order chi connectivity index (χ1) is 5.17. The van der Waals surface area contributed by atoms with Crippen LogP contribution in [0.3, 0.4) is 0 Å². The Morgan fingerprint density at radius 1 is 1.08 bits per heavy atom. The second-order valence-electron chi connectivity index (χ2n) is 5.32. The van der Waals surface area contributed by atoms with Crippen molar-refractivity contribution in [3.8, 4) is 12.3 Å². The molecule has 0 heterocycles. The second-order valence-corrected chi connectivity index (χ2v) is 5.32. The molecular formula is C12H20. The molecule has 0 amide bonds. The molecule has 0 atom stereocenters. The van der Waals surface area contributed by atoms with E-state index < -0.39 is 0 Å². The molecule has 0 aliphatic carbocycles. The lowest BCUT2D eigenvalue weighted by Gasteiger charge is -2.22. The van der Waals surface area contributed by atoms with Gasteiger partial charge in [0.2, 0.25) is 0 Å². The summed E-state index contributed by atoms with van der Waals surface area (Å²) >= 11 is 0. The molecule has 0 nitrogen and oxygen atoms in total. The third-order valence-electron chi connectivity index (χ3n) is 1.54. The van der Waals surface area contributed by atoms with Crippen LogP contribution in [0.4, 0.5) is 0 Å². The third kappa shape index (κ3) is 4.23. The lowest BCUT2D eigenvalue weighted by Crippen LogP contribution is -2.12. The van der Waals surface area contributed by atoms with E-state index >= 15 is 0 Å². The van der Waals surface area contributed by atoms with Crippen LogP contribution in [-0.2, 0) is 0 Å². The molecule has 0 saturated heterocycles. The highest BCUT2D eigenvalue weighted by molar-refractivity contribution is 5.31. The molecule has 0 radical (unpaired) electrons. The molecule has 0 spiro atoms. The Kier molecular flexibility index (Phi) is 3.16. The van der Waals surface area contributed by atoms with E-state index in [1.54, 1.807) is 0 Å². The molecule has 0 aromatic heterocycles. The highest BCUT2D eigenvalue weighted by Crippen LogP contribution is 2.29. The summed E-state index contributed by atoms with van der Waals surface area (Å²) in [4.78, 5) is 0. The zero-order chi connectivity index (χ0) is 9.99. The molecule has 0 unspecified atom stereocenters. The van der Waals surface area contributed by atoms with E-state index in [1.165, 1.54) is 0 Å². The molecule has 0 rings (SSSR count). The molecule has 0 aromatic carbocycles. The summed E-state index contributed by atoms with van der Waals surface area (Å²) in [7, 11) is 0. The Morgan fingerprint density at radius 2 is 1.50 bits per heavy atom. The van der Waals surface area contributed by atoms with Crippen molar-refractivity contribution >= 4 is 0 Å². The van der Waals surface area contributed by atoms with Gasteiger partial charge in [0, 0.05) is 5.57 Å². The van der Waals surface area contributed by atoms with E-state index in [0.29, 0.717) is 0 Å². The van der Waals surface area contributed by atoms with Crippen LogP contribution in [0.15, 0.2) is 11.6 Å². The topological polar surface area (TPSA) is 0 Å². The average molecular weight is 164 g/mol. The molecule has 0 aliphatic heterocycles. The molecule has 12 heavy (non-hydrogen) atoms. The standard InChI is InChI=1S/C12H20/c1-8-10(12(5,6)7)9-11(2,3)4/h1,9H,2-7H3. The molecule has 0 N–H and O–H groups in total. The van der Waals surface area contributed by atoms with Gasteiger partial charge >= 0.3 is 0 Å². The van der Waals surface area contributed by atoms with Gasteiger partial charge in [0.05, 0.1) is 0 Å². The minimum absolute atomic E-state index is 0.0992. The monoisotopic (exact) mass is 164 g/mol. The van der Waals surface area contributed by atoms with Crippen LogP contribution in [0.25, 0.3) is 0 Å². The fourth-order valence-corrected chi connectivity index (χ4v) is 0.908. The van der Waals surface area contributed by atoms with Gasteiger partial charge < -0.3 is 0 Å². The SMILES string of the molecule is C#CC(=CC(C)(C)C)C(C)(C)C. The van der Waals surface area contributed by atoms with Gasteiger partial charge in [-0.05, 0) is 10.8 Å². The number of hydrogen-bond donors (Lipinski definition) is 0. The van der Waals surface area contributed by atoms with Crippen molar-refractivity contribution in [2.45, 2.75) is 41.5 Å². The number of allylic oxidation sites excluding steroid dienone is 2. The number of rotatable bonds is 0. The van der Waals surface area contributed by atoms with Crippen LogP contribution in [0.5, 0.6) is 0 Å². The predicted octanol–water partition coefficient (Wildman–Crippen LogP) is 3.64. The smallest absolute Gasteiger partial charge is 0.00366 e. The van der Waals surface area contributed by atoms with Crippen molar-refractivity contribution in [1.29, 1.82) is 0 Å². The summed E-state index contributed by atoms with van der Waals surface area (Å²) in [6, 6.07) is 0. The summed E-state index contributed by atoms with van der Waals surface area (Å²) in [5.41, 5.74) is 1.37. The summed E-state index contributed by atoms with van der Waals surface area (Å²) in [6.45, 7) is 12.9. The van der Waals surface area contributed by atoms with Crippen LogP contribution in [0, 0.1) is 23.2 Å². The quantitative estimate of drug-likeness (QED) is 0.479. The molecule has 0 saturated carbocycles. The van der Waals surface area contributed by atoms with Crippen molar-refractivity contribution in [2.24, 2.45) is 10.8 Å². The van der Waals surface area contributed by atoms with Crippen molar-refractivity contribution < 1.29 is 0 Å². The normalized spacial score (nSPS) is 14.2. The first-order valence-electron chi connectivity index (χ1n) is 4.37. The maximum absolute atomic E-state index is 5.45. The van der Waals surface area contributed by atoms with Crippen molar-refractivity contribution in [3.63, 3.8) is 0 Å². The Labute approximate surface area is 77.1 Å². The van der Waals surface area contributed by atoms with Crippen molar-refractivity contribution in [1.82, 2.24) is 0 Å². The highest BCUT2D eigenvalue weighted by atomic mass is 14.2. The number of hydrogen-bond acceptors (Lipinski definition) is 0. The Bertz CT molecular complexity index is 210. The van der Waals surface area contributed by atoms with Gasteiger partial charge in [0.15, 0.2) is 0 Å². The lowest BCUT2D eigenvalue weighted by molar-refractivity contribution is 0.485. The van der Waals surface area contributed by atoms with Crippen LogP contribution in [0.2, 0.25) is 0 Å². The summed E-state index contributed by atoms with van der Waals surface area (Å²) < 4.78 is 0. The molecule has 0 aromatic rings. The molecule has 0 bridgehead atoms. The van der Waals surface area contributed by atoms with E-state index in [1.807, 2.05) is 0 Å². The van der Waals surface area contributed by atoms with Gasteiger partial charge in [0.25, 0.3) is 0 Å². The molecule has 0 heteroatoms. The minimum Gasteiger partial charge on any atom is -0.115 e. The maximum Gasteiger partial charge on any atom is 0.00366 e. The fourth-order valence-electron chi connectivity index (χ4n) is 0.908. The third-order valence-corrected chi connectivity index (χ3v) is 1.54. The second kappa shape index (κ2) is 3.35. The molecular weight excluding hydrogens is 144 g/mol. The predicted molar refractivity (Wildman–Crippen MR) is 55.8 cm³/mol. The molecule has 0 fully saturated rings. The Hall–Kier alpha value is -0.700. The number of terminal acetylenes is 1. The largest absolute Gasteiger partial charge is 0.115 e. The van der Waals surface area contributed by atoms with Crippen LogP contribution in [-0.4, -0.2) is 0 Å². The first kappa shape index (κ1) is 11.3. The van der Waals surface area contributed by atoms with E-state index in [4.69, 9.17) is 6.42 Å². The summed E-state index contributed by atoms with van der Waals surface area (Å²) in [5.74, 6) is 2.76. The molecule has 0 aliphatic rings. The average Bonchev–Trinajstić information content (AvgIpc) is 1.78. The van der Waals surface area contributed by atoms with Crippen LogP contribution >= 0.6 is 0 Å². The highest BCUT2D eigenvalue weighted by Gasteiger charge is 2.18. The fraction of sp³-hybridized carbons (Fsp3) is 0.667. The summed E-state index contributed by atoms with van der Waals surface area (Å²) in [5, 5.41) is 0. The van der Waals surface area contributed by atoms with Crippen molar-refractivity contribution in [3.05, 3.63) is 11.6 Å². The Balaban J connectivity index is 4.85. The zero-order valence-corrected chi connectivity index (χ0v) is 9.15. The first-order valence-corrected chi connectivity index (χ1v) is 4.37. The minimum atomic E-state index is 0.0992. The van der Waals surface area contributed by atoms with E-state index in [0.717, 1.165) is 5.57 Å². The van der Waals surface area contributed by atoms with E-state index in [2.05, 4.69) is 53.5 Å². The summed E-state index contributed by atoms with van der Waals surface area (Å²) in [6.07, 6.45) is 7.62. The molecule has 68 valence electrons. The van der Waals surface area contributed by atoms with Crippen LogP contribution < -0.4 is 0 Å². The van der Waals surface area contributed by atoms with Gasteiger partial charge in [0.1, 0.15) is 0 Å². The lowest BCUT2D eigenvalue weighted by atomic mass is 9.82. The van der Waals surface area contributed by atoms with Gasteiger partial charge in [-0.15, -0.1) is 6.42 Å². The van der Waals surface area contributed by atoms with Gasteiger partial charge in [-0.25, -0.2) is 0 Å². The maximum atomic E-state index is 5.45. The Morgan fingerprint density at radius 3 is 1.58 bits per heavy atom. The van der Waals surface area contributed by atoms with Gasteiger partial charge in [-0.2, -0.15) is 0 Å². The van der Waals surface area contributed by atoms with E-state index in [-0.39, 0.29) is 10.8 Å². The van der Waals surface area contributed by atoms with Crippen LogP contribution in [0.1, 0.15) is 41.5 Å². The zero-order valence-electron chi connectivity index (χ0n) is 9.15. The van der Waals surface area contributed by atoms with Crippen molar-refractivity contribution in [2.75, 3.05) is 0 Å². The van der Waals surface area contributed by atoms with E-state index in [9.17, 15) is 0 Å². The van der Waals surface area contributed by atoms with Gasteiger partial charge in [-0.3, -0.25) is 0 Å². The van der Waals surface area contributed by atoms with Gasteiger partial charge in [-0.1, -0.05) is 53.5 Å².